The Kier molecular flexibility index (Phi) is 3.23. The predicted octanol–water partition coefficient (Wildman–Crippen LogP) is 1.46. The molecule has 0 radical (unpaired) electrons. The molecule has 0 aromatic carbocycles. The fourth-order valence-electron chi connectivity index (χ4n) is 1.02. The largest absolute Gasteiger partial charge is 0.481 e. The molecule has 0 saturated carbocycles. The van der Waals surface area contributed by atoms with E-state index in [4.69, 9.17) is 10.8 Å². The Balaban J connectivity index is 2.80. The molecule has 14 heavy (non-hydrogen) atoms. The second kappa shape index (κ2) is 4.41. The van der Waals surface area contributed by atoms with Crippen LogP contribution in [0.2, 0.25) is 0 Å². The first kappa shape index (κ1) is 10.2. The minimum Gasteiger partial charge on any atom is -0.481 e. The zero-order chi connectivity index (χ0) is 10.6. The van der Waals surface area contributed by atoms with Gasteiger partial charge in [-0.2, -0.15) is 0 Å². The summed E-state index contributed by atoms with van der Waals surface area (Å²) in [6.07, 6.45) is 4.88. The molecular weight excluding hydrogens is 180 g/mol. The van der Waals surface area contributed by atoms with Gasteiger partial charge in [0.1, 0.15) is 5.82 Å². The van der Waals surface area contributed by atoms with E-state index in [1.165, 1.54) is 0 Å². The lowest BCUT2D eigenvalue weighted by Gasteiger charge is -1.99. The molecule has 1 rings (SSSR count). The van der Waals surface area contributed by atoms with Crippen LogP contribution >= 0.6 is 0 Å². The van der Waals surface area contributed by atoms with Gasteiger partial charge in [-0.15, -0.1) is 0 Å². The Morgan fingerprint density at radius 1 is 1.71 bits per heavy atom. The fraction of sp³-hybridized carbons (Fsp3) is 0.200. The van der Waals surface area contributed by atoms with Crippen molar-refractivity contribution in [1.29, 1.82) is 0 Å². The first-order valence-corrected chi connectivity index (χ1v) is 4.20. The van der Waals surface area contributed by atoms with Crippen LogP contribution in [0.3, 0.4) is 0 Å². The van der Waals surface area contributed by atoms with Gasteiger partial charge in [0.15, 0.2) is 0 Å². The second-order valence-corrected chi connectivity index (χ2v) is 2.99. The van der Waals surface area contributed by atoms with Crippen LogP contribution in [0.15, 0.2) is 18.3 Å². The summed E-state index contributed by atoms with van der Waals surface area (Å²) < 4.78 is 0. The Morgan fingerprint density at radius 2 is 2.43 bits per heavy atom. The van der Waals surface area contributed by atoms with Crippen molar-refractivity contribution >= 4 is 17.9 Å². The minimum absolute atomic E-state index is 0.00657. The topological polar surface area (TPSA) is 76.2 Å². The third kappa shape index (κ3) is 2.90. The van der Waals surface area contributed by atoms with Gasteiger partial charge >= 0.3 is 5.97 Å². The van der Waals surface area contributed by atoms with Gasteiger partial charge in [-0.25, -0.2) is 4.98 Å². The molecule has 1 aromatic rings. The number of carbonyl (C=O) groups is 1. The first-order valence-electron chi connectivity index (χ1n) is 4.20. The monoisotopic (exact) mass is 192 g/mol. The van der Waals surface area contributed by atoms with Gasteiger partial charge in [0.2, 0.25) is 0 Å². The average molecular weight is 192 g/mol. The first-order chi connectivity index (χ1) is 6.59. The maximum absolute atomic E-state index is 10.2. The molecule has 1 heterocycles. The van der Waals surface area contributed by atoms with E-state index in [0.29, 0.717) is 5.82 Å². The van der Waals surface area contributed by atoms with E-state index in [2.05, 4.69) is 4.98 Å². The Hall–Kier alpha value is -1.84. The number of anilines is 1. The van der Waals surface area contributed by atoms with Crippen LogP contribution < -0.4 is 5.73 Å². The minimum atomic E-state index is -0.861. The lowest BCUT2D eigenvalue weighted by molar-refractivity contribution is -0.135. The smallest absolute Gasteiger partial charge is 0.307 e. The fourth-order valence-corrected chi connectivity index (χ4v) is 1.02. The summed E-state index contributed by atoms with van der Waals surface area (Å²) >= 11 is 0. The molecule has 0 spiro atoms. The number of pyridine rings is 1. The van der Waals surface area contributed by atoms with Crippen LogP contribution in [-0.2, 0) is 4.79 Å². The third-order valence-electron chi connectivity index (χ3n) is 1.68. The van der Waals surface area contributed by atoms with Crippen molar-refractivity contribution in [3.63, 3.8) is 0 Å². The zero-order valence-electron chi connectivity index (χ0n) is 7.90. The van der Waals surface area contributed by atoms with Gasteiger partial charge < -0.3 is 10.8 Å². The molecule has 0 aliphatic rings. The summed E-state index contributed by atoms with van der Waals surface area (Å²) in [5, 5.41) is 8.42. The molecule has 4 nitrogen and oxygen atoms in total. The van der Waals surface area contributed by atoms with Crippen LogP contribution in [-0.4, -0.2) is 16.1 Å². The highest BCUT2D eigenvalue weighted by molar-refractivity contribution is 5.71. The molecule has 0 unspecified atom stereocenters. The van der Waals surface area contributed by atoms with Gasteiger partial charge in [0, 0.05) is 11.8 Å². The summed E-state index contributed by atoms with van der Waals surface area (Å²) in [6, 6.07) is 1.86. The molecule has 1 aromatic heterocycles. The van der Waals surface area contributed by atoms with Gasteiger partial charge in [-0.3, -0.25) is 4.79 Å². The highest BCUT2D eigenvalue weighted by Crippen LogP contribution is 2.12. The molecule has 0 fully saturated rings. The lowest BCUT2D eigenvalue weighted by atomic mass is 10.2. The van der Waals surface area contributed by atoms with Crippen molar-refractivity contribution < 1.29 is 9.90 Å². The highest BCUT2D eigenvalue weighted by atomic mass is 16.4. The predicted molar refractivity (Wildman–Crippen MR) is 54.7 cm³/mol. The number of nitrogens with zero attached hydrogens (tertiary/aromatic N) is 1. The van der Waals surface area contributed by atoms with Crippen LogP contribution in [0.25, 0.3) is 6.08 Å². The standard InChI is InChI=1S/C10H12N2O2/c1-7-5-8(10(11)12-6-7)3-2-4-9(13)14/h2-3,5-6H,4H2,1H3,(H2,11,12)(H,13,14). The maximum atomic E-state index is 10.2. The highest BCUT2D eigenvalue weighted by Gasteiger charge is 1.97. The van der Waals surface area contributed by atoms with Crippen molar-refractivity contribution in [3.8, 4) is 0 Å². The number of carboxylic acids is 1. The molecule has 0 atom stereocenters. The number of aliphatic carboxylic acids is 1. The molecule has 0 bridgehead atoms. The normalized spacial score (nSPS) is 10.6. The van der Waals surface area contributed by atoms with Crippen molar-refractivity contribution in [2.75, 3.05) is 5.73 Å². The van der Waals surface area contributed by atoms with E-state index in [1.807, 2.05) is 13.0 Å². The molecule has 0 aliphatic heterocycles. The van der Waals surface area contributed by atoms with E-state index in [-0.39, 0.29) is 6.42 Å². The van der Waals surface area contributed by atoms with Crippen molar-refractivity contribution in [2.24, 2.45) is 0 Å². The second-order valence-electron chi connectivity index (χ2n) is 2.99. The molecule has 0 aliphatic carbocycles. The third-order valence-corrected chi connectivity index (χ3v) is 1.68. The van der Waals surface area contributed by atoms with Crippen molar-refractivity contribution in [3.05, 3.63) is 29.5 Å². The van der Waals surface area contributed by atoms with Gasteiger partial charge in [0.05, 0.1) is 6.42 Å². The molecule has 0 amide bonds. The number of aryl methyl sites for hydroxylation is 1. The molecular formula is C10H12N2O2. The van der Waals surface area contributed by atoms with Crippen LogP contribution in [0, 0.1) is 6.92 Å². The van der Waals surface area contributed by atoms with Gasteiger partial charge in [0.25, 0.3) is 0 Å². The number of rotatable bonds is 3. The van der Waals surface area contributed by atoms with Gasteiger partial charge in [-0.1, -0.05) is 12.2 Å². The van der Waals surface area contributed by atoms with E-state index in [0.717, 1.165) is 11.1 Å². The number of hydrogen-bond acceptors (Lipinski definition) is 3. The molecule has 3 N–H and O–H groups in total. The Bertz CT molecular complexity index is 372. The number of carboxylic acid groups (broad SMARTS) is 1. The van der Waals surface area contributed by atoms with Crippen LogP contribution in [0.5, 0.6) is 0 Å². The van der Waals surface area contributed by atoms with Crippen LogP contribution in [0.4, 0.5) is 5.82 Å². The number of nitrogen functional groups attached to an aromatic ring is 1. The molecule has 74 valence electrons. The Labute approximate surface area is 82.1 Å². The maximum Gasteiger partial charge on any atom is 0.307 e. The quantitative estimate of drug-likeness (QED) is 0.760. The lowest BCUT2D eigenvalue weighted by Crippen LogP contribution is -1.94. The van der Waals surface area contributed by atoms with E-state index in [1.54, 1.807) is 18.3 Å². The van der Waals surface area contributed by atoms with Crippen LogP contribution in [0.1, 0.15) is 17.5 Å². The summed E-state index contributed by atoms with van der Waals surface area (Å²) in [5.41, 5.74) is 7.35. The summed E-state index contributed by atoms with van der Waals surface area (Å²) in [6.45, 7) is 1.90. The summed E-state index contributed by atoms with van der Waals surface area (Å²) in [4.78, 5) is 14.2. The number of hydrogen-bond donors (Lipinski definition) is 2. The number of aromatic nitrogens is 1. The number of nitrogens with two attached hydrogens (primary N) is 1. The van der Waals surface area contributed by atoms with Crippen molar-refractivity contribution in [2.45, 2.75) is 13.3 Å². The SMILES string of the molecule is Cc1cnc(N)c(C=CCC(=O)O)c1. The Morgan fingerprint density at radius 3 is 3.07 bits per heavy atom. The van der Waals surface area contributed by atoms with E-state index >= 15 is 0 Å². The summed E-state index contributed by atoms with van der Waals surface area (Å²) in [7, 11) is 0. The van der Waals surface area contributed by atoms with Gasteiger partial charge in [-0.05, 0) is 18.6 Å². The van der Waals surface area contributed by atoms with E-state index in [9.17, 15) is 4.79 Å². The average Bonchev–Trinajstić information content (AvgIpc) is 2.10. The summed E-state index contributed by atoms with van der Waals surface area (Å²) in [5.74, 6) is -0.447. The van der Waals surface area contributed by atoms with E-state index < -0.39 is 5.97 Å². The zero-order valence-corrected chi connectivity index (χ0v) is 7.90. The van der Waals surface area contributed by atoms with Crippen molar-refractivity contribution in [1.82, 2.24) is 4.98 Å². The molecule has 0 saturated heterocycles. The molecule has 4 heteroatoms.